The smallest absolute Gasteiger partial charge is 0.141 e. The van der Waals surface area contributed by atoms with E-state index in [1.54, 1.807) is 5.57 Å². The fourth-order valence-electron chi connectivity index (χ4n) is 10.2. The van der Waals surface area contributed by atoms with Gasteiger partial charge in [0.1, 0.15) is 5.78 Å². The highest BCUT2D eigenvalue weighted by Crippen LogP contribution is 2.74. The Bertz CT molecular complexity index is 814. The van der Waals surface area contributed by atoms with Gasteiger partial charge in [0.15, 0.2) is 0 Å². The second-order valence-electron chi connectivity index (χ2n) is 13.7. The number of ketones is 1. The number of aliphatic hydroxyl groups excluding tert-OH is 1. The predicted molar refractivity (Wildman–Crippen MR) is 126 cm³/mol. The molecule has 0 amide bonds. The molecule has 0 aliphatic heterocycles. The van der Waals surface area contributed by atoms with Crippen molar-refractivity contribution in [1.82, 2.24) is 0 Å². The largest absolute Gasteiger partial charge is 0.392 e. The van der Waals surface area contributed by atoms with Crippen molar-refractivity contribution >= 4 is 5.78 Å². The van der Waals surface area contributed by atoms with Crippen LogP contribution in [0.4, 0.5) is 0 Å². The van der Waals surface area contributed by atoms with Gasteiger partial charge in [-0.15, -0.1) is 0 Å². The first-order valence-corrected chi connectivity index (χ1v) is 13.3. The maximum Gasteiger partial charge on any atom is 0.141 e. The monoisotopic (exact) mass is 426 g/mol. The molecule has 3 unspecified atom stereocenters. The van der Waals surface area contributed by atoms with Crippen LogP contribution in [0.15, 0.2) is 11.6 Å². The summed E-state index contributed by atoms with van der Waals surface area (Å²) in [6, 6.07) is 0. The second kappa shape index (κ2) is 6.71. The van der Waals surface area contributed by atoms with Crippen LogP contribution in [0.3, 0.4) is 0 Å². The van der Waals surface area contributed by atoms with Crippen molar-refractivity contribution in [2.24, 2.45) is 57.2 Å². The molecule has 0 aromatic rings. The number of hydrogen-bond donors (Lipinski definition) is 1. The van der Waals surface area contributed by atoms with E-state index in [2.05, 4.69) is 54.5 Å². The highest BCUT2D eigenvalue weighted by Gasteiger charge is 2.68. The predicted octanol–water partition coefficient (Wildman–Crippen LogP) is 6.81. The van der Waals surface area contributed by atoms with Crippen LogP contribution in [0.25, 0.3) is 0 Å². The van der Waals surface area contributed by atoms with Gasteiger partial charge in [0, 0.05) is 11.8 Å². The third-order valence-electron chi connectivity index (χ3n) is 12.8. The Labute approximate surface area is 190 Å². The van der Waals surface area contributed by atoms with Gasteiger partial charge in [0.2, 0.25) is 0 Å². The summed E-state index contributed by atoms with van der Waals surface area (Å²) in [6.45, 7) is 17.2. The molecular weight excluding hydrogens is 380 g/mol. The SMILES string of the molecule is CC1C(O)CC(=O)[C@@]2(C)C1CC[C@]1(C)[C@@H]2CC=C2[C@@H]3[C@@H](C)[C@H](C)CC[C@]3(C)CC[C@]21C. The number of rotatable bonds is 0. The minimum Gasteiger partial charge on any atom is -0.392 e. The summed E-state index contributed by atoms with van der Waals surface area (Å²) in [5.41, 5.74) is 2.35. The summed E-state index contributed by atoms with van der Waals surface area (Å²) in [5, 5.41) is 10.6. The lowest BCUT2D eigenvalue weighted by Crippen LogP contribution is -2.65. The number of hydrogen-bond acceptors (Lipinski definition) is 2. The Hall–Kier alpha value is -0.630. The average molecular weight is 427 g/mol. The lowest BCUT2D eigenvalue weighted by Gasteiger charge is -2.70. The van der Waals surface area contributed by atoms with E-state index in [0.717, 1.165) is 24.7 Å². The van der Waals surface area contributed by atoms with Gasteiger partial charge in [0.05, 0.1) is 6.10 Å². The molecule has 31 heavy (non-hydrogen) atoms. The molecule has 0 heterocycles. The van der Waals surface area contributed by atoms with Crippen molar-refractivity contribution < 1.29 is 9.90 Å². The Morgan fingerprint density at radius 3 is 2.35 bits per heavy atom. The lowest BCUT2D eigenvalue weighted by atomic mass is 9.34. The third kappa shape index (κ3) is 2.58. The number of allylic oxidation sites excluding steroid dienone is 2. The van der Waals surface area contributed by atoms with Crippen LogP contribution in [0.2, 0.25) is 0 Å². The molecule has 4 fully saturated rings. The zero-order chi connectivity index (χ0) is 22.6. The molecular formula is C29H46O2. The van der Waals surface area contributed by atoms with Crippen LogP contribution in [-0.4, -0.2) is 17.0 Å². The zero-order valence-corrected chi connectivity index (χ0v) is 21.1. The van der Waals surface area contributed by atoms with Gasteiger partial charge >= 0.3 is 0 Å². The molecule has 5 aliphatic carbocycles. The molecule has 5 aliphatic rings. The summed E-state index contributed by atoms with van der Waals surface area (Å²) in [7, 11) is 0. The van der Waals surface area contributed by atoms with E-state index in [4.69, 9.17) is 0 Å². The molecule has 11 atom stereocenters. The molecule has 0 aromatic heterocycles. The van der Waals surface area contributed by atoms with Gasteiger partial charge in [-0.1, -0.05) is 60.1 Å². The van der Waals surface area contributed by atoms with Crippen LogP contribution in [-0.2, 0) is 4.79 Å². The van der Waals surface area contributed by atoms with E-state index in [0.29, 0.717) is 35.4 Å². The van der Waals surface area contributed by atoms with E-state index in [-0.39, 0.29) is 22.2 Å². The number of carbonyl (C=O) groups is 1. The maximum absolute atomic E-state index is 13.6. The van der Waals surface area contributed by atoms with E-state index in [1.165, 1.54) is 32.1 Å². The fraction of sp³-hybridized carbons (Fsp3) is 0.897. The summed E-state index contributed by atoms with van der Waals surface area (Å²) in [6.07, 6.45) is 11.3. The molecule has 0 bridgehead atoms. The van der Waals surface area contributed by atoms with Crippen molar-refractivity contribution in [2.75, 3.05) is 0 Å². The molecule has 5 rings (SSSR count). The molecule has 0 radical (unpaired) electrons. The van der Waals surface area contributed by atoms with Gasteiger partial charge in [-0.2, -0.15) is 0 Å². The van der Waals surface area contributed by atoms with Gasteiger partial charge in [-0.3, -0.25) is 4.79 Å². The van der Waals surface area contributed by atoms with E-state index in [9.17, 15) is 9.90 Å². The molecule has 174 valence electrons. The third-order valence-corrected chi connectivity index (χ3v) is 12.8. The Morgan fingerprint density at radius 1 is 0.935 bits per heavy atom. The van der Waals surface area contributed by atoms with Crippen molar-refractivity contribution in [2.45, 2.75) is 106 Å². The molecule has 1 N–H and O–H groups in total. The number of Topliss-reactive ketones (excluding diaryl/α,β-unsaturated/α-hetero) is 1. The molecule has 0 aromatic carbocycles. The van der Waals surface area contributed by atoms with Crippen molar-refractivity contribution in [1.29, 1.82) is 0 Å². The second-order valence-corrected chi connectivity index (χ2v) is 13.7. The first-order chi connectivity index (χ1) is 14.4. The lowest BCUT2D eigenvalue weighted by molar-refractivity contribution is -0.187. The van der Waals surface area contributed by atoms with E-state index in [1.807, 2.05) is 0 Å². The topological polar surface area (TPSA) is 37.3 Å². The van der Waals surface area contributed by atoms with Crippen LogP contribution >= 0.6 is 0 Å². The average Bonchev–Trinajstić information content (AvgIpc) is 2.71. The molecule has 0 saturated heterocycles. The standard InChI is InChI=1S/C29H46O2/c1-17-10-12-26(4)14-15-27(5)21(25(26)18(17)2)8-9-23-28(27,6)13-11-20-19(3)22(30)16-24(31)29(20,23)7/h8,17-20,22-23,25,30H,9-16H2,1-7H3/t17-,18+,19?,20?,22?,23+,25+,26-,27-,28-,29+/m1/s1. The van der Waals surface area contributed by atoms with E-state index < -0.39 is 6.10 Å². The minimum absolute atomic E-state index is 0.182. The summed E-state index contributed by atoms with van der Waals surface area (Å²) >= 11 is 0. The van der Waals surface area contributed by atoms with Gasteiger partial charge in [-0.05, 0) is 96.7 Å². The molecule has 4 saturated carbocycles. The van der Waals surface area contributed by atoms with Crippen molar-refractivity contribution in [3.8, 4) is 0 Å². The van der Waals surface area contributed by atoms with Crippen molar-refractivity contribution in [3.63, 3.8) is 0 Å². The Morgan fingerprint density at radius 2 is 1.65 bits per heavy atom. The van der Waals surface area contributed by atoms with Gasteiger partial charge < -0.3 is 5.11 Å². The quantitative estimate of drug-likeness (QED) is 0.432. The number of fused-ring (bicyclic) bond motifs is 7. The van der Waals surface area contributed by atoms with Gasteiger partial charge in [0.25, 0.3) is 0 Å². The summed E-state index contributed by atoms with van der Waals surface area (Å²) in [5.74, 6) is 3.60. The Balaban J connectivity index is 1.61. The van der Waals surface area contributed by atoms with Crippen molar-refractivity contribution in [3.05, 3.63) is 11.6 Å². The van der Waals surface area contributed by atoms with Gasteiger partial charge in [-0.25, -0.2) is 0 Å². The normalized spacial score (nSPS) is 59.0. The van der Waals surface area contributed by atoms with Crippen LogP contribution in [0.1, 0.15) is 99.8 Å². The molecule has 2 heteroatoms. The maximum atomic E-state index is 13.6. The Kier molecular flexibility index (Phi) is 4.80. The van der Waals surface area contributed by atoms with E-state index >= 15 is 0 Å². The number of carbonyl (C=O) groups excluding carboxylic acids is 1. The summed E-state index contributed by atoms with van der Waals surface area (Å²) < 4.78 is 0. The van der Waals surface area contributed by atoms with Crippen LogP contribution in [0.5, 0.6) is 0 Å². The van der Waals surface area contributed by atoms with Crippen LogP contribution < -0.4 is 0 Å². The molecule has 0 spiro atoms. The zero-order valence-electron chi connectivity index (χ0n) is 21.1. The summed E-state index contributed by atoms with van der Waals surface area (Å²) in [4.78, 5) is 13.6. The first kappa shape index (κ1) is 22.2. The number of aliphatic hydroxyl groups is 1. The first-order valence-electron chi connectivity index (χ1n) is 13.3. The van der Waals surface area contributed by atoms with Crippen LogP contribution in [0, 0.1) is 57.2 Å². The highest BCUT2D eigenvalue weighted by molar-refractivity contribution is 5.87. The molecule has 2 nitrogen and oxygen atoms in total. The minimum atomic E-state index is -0.444. The fourth-order valence-corrected chi connectivity index (χ4v) is 10.2. The highest BCUT2D eigenvalue weighted by atomic mass is 16.3.